The van der Waals surface area contributed by atoms with E-state index in [2.05, 4.69) is 29.4 Å². The molecule has 3 aromatic rings. The van der Waals surface area contributed by atoms with Crippen molar-refractivity contribution in [2.45, 2.75) is 4.90 Å². The van der Waals surface area contributed by atoms with Crippen molar-refractivity contribution in [3.8, 4) is 0 Å². The monoisotopic (exact) mass is 421 g/mol. The zero-order chi connectivity index (χ0) is 19.0. The highest BCUT2D eigenvalue weighted by Gasteiger charge is 2.25. The van der Waals surface area contributed by atoms with Crippen molar-refractivity contribution >= 4 is 56.0 Å². The number of hydrogen-bond donors (Lipinski definition) is 0. The predicted octanol–water partition coefficient (Wildman–Crippen LogP) is 4.77. The van der Waals surface area contributed by atoms with E-state index in [0.29, 0.717) is 31.7 Å². The Hall–Kier alpha value is -1.83. The fourth-order valence-corrected chi connectivity index (χ4v) is 4.91. The lowest BCUT2D eigenvalue weighted by Crippen LogP contribution is -2.48. The number of nitrogens with zero attached hydrogens (tertiary/aromatic N) is 3. The molecule has 2 heterocycles. The largest absolute Gasteiger partial charge is 0.345 e. The number of carbonyl (C=O) groups excluding carboxylic acids is 1. The first-order chi connectivity index (χ1) is 13.0. The maximum absolute atomic E-state index is 13.2. The molecule has 4 nitrogen and oxygen atoms in total. The summed E-state index contributed by atoms with van der Waals surface area (Å²) in [5.74, 6) is -0.601. The number of piperazine rings is 1. The summed E-state index contributed by atoms with van der Waals surface area (Å²) in [4.78, 5) is 22.6. The van der Waals surface area contributed by atoms with Crippen LogP contribution in [0.2, 0.25) is 5.02 Å². The predicted molar refractivity (Wildman–Crippen MR) is 111 cm³/mol. The molecule has 1 aliphatic rings. The van der Waals surface area contributed by atoms with E-state index in [1.807, 2.05) is 0 Å². The fraction of sp³-hybridized carbons (Fsp3) is 0.263. The van der Waals surface area contributed by atoms with Gasteiger partial charge in [0.1, 0.15) is 5.82 Å². The zero-order valence-corrected chi connectivity index (χ0v) is 17.0. The van der Waals surface area contributed by atoms with Crippen molar-refractivity contribution in [3.63, 3.8) is 0 Å². The summed E-state index contributed by atoms with van der Waals surface area (Å²) in [6.07, 6.45) is 2.06. The molecule has 4 rings (SSSR count). The quantitative estimate of drug-likeness (QED) is 0.570. The number of rotatable bonds is 3. The lowest BCUT2D eigenvalue weighted by atomic mass is 10.1. The Morgan fingerprint density at radius 1 is 1.19 bits per heavy atom. The summed E-state index contributed by atoms with van der Waals surface area (Å²) in [6, 6.07) is 10.2. The molecule has 0 unspecified atom stereocenters. The SMILES string of the molecule is CSc1ccc2nc(N3CCN(C(=O)c4ccc(F)cc4Cl)CC3)sc2c1. The summed E-state index contributed by atoms with van der Waals surface area (Å²) in [6.45, 7) is 2.58. The van der Waals surface area contributed by atoms with Crippen molar-refractivity contribution in [1.29, 1.82) is 0 Å². The molecule has 27 heavy (non-hydrogen) atoms. The summed E-state index contributed by atoms with van der Waals surface area (Å²) in [5.41, 5.74) is 1.35. The van der Waals surface area contributed by atoms with Crippen LogP contribution in [0.3, 0.4) is 0 Å². The molecule has 0 N–H and O–H groups in total. The molecule has 0 bridgehead atoms. The number of fused-ring (bicyclic) bond motifs is 1. The van der Waals surface area contributed by atoms with Crippen molar-refractivity contribution < 1.29 is 9.18 Å². The molecule has 0 saturated carbocycles. The molecule has 0 aliphatic carbocycles. The van der Waals surface area contributed by atoms with Crippen molar-refractivity contribution in [2.75, 3.05) is 37.3 Å². The molecule has 1 aromatic heterocycles. The number of aromatic nitrogens is 1. The van der Waals surface area contributed by atoms with Gasteiger partial charge in [-0.1, -0.05) is 22.9 Å². The average molecular weight is 422 g/mol. The van der Waals surface area contributed by atoms with Crippen LogP contribution in [0, 0.1) is 5.82 Å². The molecule has 1 saturated heterocycles. The molecule has 1 fully saturated rings. The van der Waals surface area contributed by atoms with E-state index in [0.717, 1.165) is 10.6 Å². The van der Waals surface area contributed by atoms with Crippen LogP contribution in [0.4, 0.5) is 9.52 Å². The Labute approximate surface area is 169 Å². The van der Waals surface area contributed by atoms with Crippen LogP contribution in [-0.2, 0) is 0 Å². The van der Waals surface area contributed by atoms with Crippen LogP contribution in [0.25, 0.3) is 10.2 Å². The van der Waals surface area contributed by atoms with Gasteiger partial charge >= 0.3 is 0 Å². The Bertz CT molecular complexity index is 1000. The van der Waals surface area contributed by atoms with Gasteiger partial charge in [-0.15, -0.1) is 11.8 Å². The second-order valence-electron chi connectivity index (χ2n) is 6.23. The Morgan fingerprint density at radius 3 is 2.67 bits per heavy atom. The number of benzene rings is 2. The number of thioether (sulfide) groups is 1. The molecule has 0 spiro atoms. The highest BCUT2D eigenvalue weighted by Crippen LogP contribution is 2.32. The van der Waals surface area contributed by atoms with E-state index < -0.39 is 5.82 Å². The third-order valence-corrected chi connectivity index (χ3v) is 6.70. The number of halogens is 2. The molecule has 140 valence electrons. The molecule has 0 radical (unpaired) electrons. The minimum atomic E-state index is -0.443. The van der Waals surface area contributed by atoms with Gasteiger partial charge < -0.3 is 9.80 Å². The van der Waals surface area contributed by atoms with E-state index in [4.69, 9.17) is 16.6 Å². The number of carbonyl (C=O) groups is 1. The summed E-state index contributed by atoms with van der Waals surface area (Å²) >= 11 is 9.43. The maximum atomic E-state index is 13.2. The Morgan fingerprint density at radius 2 is 1.96 bits per heavy atom. The number of hydrogen-bond acceptors (Lipinski definition) is 5. The van der Waals surface area contributed by atoms with Crippen LogP contribution < -0.4 is 4.90 Å². The van der Waals surface area contributed by atoms with Gasteiger partial charge in [-0.2, -0.15) is 0 Å². The van der Waals surface area contributed by atoms with Crippen molar-refractivity contribution in [3.05, 3.63) is 52.8 Å². The van der Waals surface area contributed by atoms with Crippen LogP contribution in [-0.4, -0.2) is 48.2 Å². The summed E-state index contributed by atoms with van der Waals surface area (Å²) in [7, 11) is 0. The van der Waals surface area contributed by atoms with E-state index in [9.17, 15) is 9.18 Å². The van der Waals surface area contributed by atoms with Gasteiger partial charge in [0.2, 0.25) is 0 Å². The van der Waals surface area contributed by atoms with Crippen LogP contribution in [0.1, 0.15) is 10.4 Å². The van der Waals surface area contributed by atoms with E-state index in [1.165, 1.54) is 27.8 Å². The number of amides is 1. The summed E-state index contributed by atoms with van der Waals surface area (Å²) in [5, 5.41) is 1.13. The first kappa shape index (κ1) is 18.5. The van der Waals surface area contributed by atoms with Gasteiger partial charge in [0.25, 0.3) is 5.91 Å². The molecule has 0 atom stereocenters. The molecular weight excluding hydrogens is 405 g/mol. The highest BCUT2D eigenvalue weighted by molar-refractivity contribution is 7.98. The molecule has 8 heteroatoms. The van der Waals surface area contributed by atoms with Gasteiger partial charge in [-0.3, -0.25) is 4.79 Å². The lowest BCUT2D eigenvalue weighted by Gasteiger charge is -2.34. The zero-order valence-electron chi connectivity index (χ0n) is 14.6. The van der Waals surface area contributed by atoms with Gasteiger partial charge in [-0.05, 0) is 42.7 Å². The van der Waals surface area contributed by atoms with Crippen molar-refractivity contribution in [1.82, 2.24) is 9.88 Å². The topological polar surface area (TPSA) is 36.4 Å². The summed E-state index contributed by atoms with van der Waals surface area (Å²) < 4.78 is 14.4. The second-order valence-corrected chi connectivity index (χ2v) is 8.53. The van der Waals surface area contributed by atoms with Crippen LogP contribution >= 0.6 is 34.7 Å². The highest BCUT2D eigenvalue weighted by atomic mass is 35.5. The minimum absolute atomic E-state index is 0.151. The fourth-order valence-electron chi connectivity index (χ4n) is 3.09. The minimum Gasteiger partial charge on any atom is -0.345 e. The van der Waals surface area contributed by atoms with Crippen molar-refractivity contribution in [2.24, 2.45) is 0 Å². The van der Waals surface area contributed by atoms with Gasteiger partial charge in [0, 0.05) is 31.1 Å². The third-order valence-electron chi connectivity index (χ3n) is 4.58. The van der Waals surface area contributed by atoms with Crippen LogP contribution in [0.5, 0.6) is 0 Å². The normalized spacial score (nSPS) is 14.8. The second kappa shape index (κ2) is 7.66. The number of thiazole rings is 1. The molecule has 1 aliphatic heterocycles. The average Bonchev–Trinajstić information content (AvgIpc) is 3.11. The van der Waals surface area contributed by atoms with E-state index >= 15 is 0 Å². The smallest absolute Gasteiger partial charge is 0.255 e. The van der Waals surface area contributed by atoms with E-state index in [1.54, 1.807) is 28.0 Å². The lowest BCUT2D eigenvalue weighted by molar-refractivity contribution is 0.0747. The third kappa shape index (κ3) is 3.77. The van der Waals surface area contributed by atoms with Gasteiger partial charge in [0.15, 0.2) is 5.13 Å². The molecule has 1 amide bonds. The van der Waals surface area contributed by atoms with Gasteiger partial charge in [0.05, 0.1) is 20.8 Å². The first-order valence-corrected chi connectivity index (χ1v) is 10.9. The van der Waals surface area contributed by atoms with Gasteiger partial charge in [-0.25, -0.2) is 9.37 Å². The standard InChI is InChI=1S/C19H17ClFN3OS2/c1-26-13-3-5-16-17(11-13)27-19(22-16)24-8-6-23(7-9-24)18(25)14-4-2-12(21)10-15(14)20/h2-5,10-11H,6-9H2,1H3. The number of anilines is 1. The maximum Gasteiger partial charge on any atom is 0.255 e. The van der Waals surface area contributed by atoms with Crippen LogP contribution in [0.15, 0.2) is 41.3 Å². The van der Waals surface area contributed by atoms with E-state index in [-0.39, 0.29) is 10.9 Å². The molecular formula is C19H17ClFN3OS2. The Kier molecular flexibility index (Phi) is 5.25. The molecule has 2 aromatic carbocycles. The Balaban J connectivity index is 1.46. The first-order valence-electron chi connectivity index (χ1n) is 8.49.